The lowest BCUT2D eigenvalue weighted by atomic mass is 10.1. The van der Waals surface area contributed by atoms with Crippen LogP contribution in [0.5, 0.6) is 23.0 Å². The Morgan fingerprint density at radius 1 is 0.459 bits per heavy atom. The molecule has 11 N–H and O–H groups in total. The molecule has 0 spiro atoms. The third-order valence-corrected chi connectivity index (χ3v) is 19.6. The molecule has 9 amide bonds. The molecule has 604 valence electrons. The van der Waals surface area contributed by atoms with Gasteiger partial charge >= 0.3 is 5.97 Å². The zero-order valence-electron chi connectivity index (χ0n) is 63.0. The number of ether oxygens (including phenoxy) is 5. The Balaban J connectivity index is 1.20. The Hall–Kier alpha value is -9.94. The average molecular weight is 1580 g/mol. The number of unbranched alkanes of at least 4 members (excludes halogenated alkanes) is 3. The van der Waals surface area contributed by atoms with Gasteiger partial charge in [0.2, 0.25) is 76.8 Å². The summed E-state index contributed by atoms with van der Waals surface area (Å²) in [6.07, 6.45) is 3.14. The molecule has 5 aromatic rings. The number of amides is 9. The van der Waals surface area contributed by atoms with Crippen LogP contribution in [0.25, 0.3) is 0 Å². The van der Waals surface area contributed by atoms with E-state index < -0.39 is 128 Å². The molecule has 111 heavy (non-hydrogen) atoms. The minimum absolute atomic E-state index is 0.00871. The number of carbonyl (C=O) groups is 10. The predicted molar refractivity (Wildman–Crippen MR) is 415 cm³/mol. The highest BCUT2D eigenvalue weighted by molar-refractivity contribution is 7.89. The number of primary sulfonamides is 1. The number of sulfonamides is 1. The lowest BCUT2D eigenvalue weighted by molar-refractivity contribution is -0.149. The van der Waals surface area contributed by atoms with Gasteiger partial charge in [-0.05, 0) is 161 Å². The summed E-state index contributed by atoms with van der Waals surface area (Å²) in [5.74, 6) is -5.39. The zero-order chi connectivity index (χ0) is 80.1. The van der Waals surface area contributed by atoms with Crippen molar-refractivity contribution >= 4 is 81.8 Å². The van der Waals surface area contributed by atoms with E-state index in [-0.39, 0.29) is 135 Å². The van der Waals surface area contributed by atoms with Crippen molar-refractivity contribution in [2.45, 2.75) is 95.2 Å². The summed E-state index contributed by atoms with van der Waals surface area (Å²) in [5, 5.41) is 20.5. The second-order valence-electron chi connectivity index (χ2n) is 26.7. The first kappa shape index (κ1) is 88.3. The van der Waals surface area contributed by atoms with E-state index in [0.29, 0.717) is 84.8 Å². The van der Waals surface area contributed by atoms with Gasteiger partial charge in [-0.2, -0.15) is 12.6 Å². The average Bonchev–Trinajstić information content (AvgIpc) is 1.79. The number of hydrogen-bond acceptors (Lipinski definition) is 22. The number of aliphatic carboxylic acids is 1. The van der Waals surface area contributed by atoms with Gasteiger partial charge in [-0.3, -0.25) is 48.5 Å². The predicted octanol–water partition coefficient (Wildman–Crippen LogP) is 1.54. The van der Waals surface area contributed by atoms with Crippen LogP contribution in [0.1, 0.15) is 79.7 Å². The van der Waals surface area contributed by atoms with E-state index in [1.807, 2.05) is 60.7 Å². The Labute approximate surface area is 653 Å². The molecular weight excluding hydrogens is 1470 g/mol. The van der Waals surface area contributed by atoms with Gasteiger partial charge in [0, 0.05) is 59.0 Å². The van der Waals surface area contributed by atoms with Crippen molar-refractivity contribution in [2.24, 2.45) is 22.3 Å². The van der Waals surface area contributed by atoms with Crippen molar-refractivity contribution in [3.05, 3.63) is 149 Å². The molecule has 2 heterocycles. The molecule has 5 aromatic carbocycles. The van der Waals surface area contributed by atoms with Gasteiger partial charge < -0.3 is 90.5 Å². The van der Waals surface area contributed by atoms with E-state index in [1.165, 1.54) is 51.3 Å². The quantitative estimate of drug-likeness (QED) is 0.0155. The first-order valence-corrected chi connectivity index (χ1v) is 39.4. The van der Waals surface area contributed by atoms with Crippen LogP contribution in [0.15, 0.2) is 126 Å². The van der Waals surface area contributed by atoms with E-state index in [4.69, 9.17) is 46.0 Å². The molecule has 0 radical (unpaired) electrons. The second kappa shape index (κ2) is 46.7. The topological polar surface area (TPSA) is 425 Å². The van der Waals surface area contributed by atoms with Crippen molar-refractivity contribution in [1.29, 1.82) is 0 Å². The van der Waals surface area contributed by atoms with Crippen LogP contribution >= 0.6 is 12.6 Å². The van der Waals surface area contributed by atoms with Gasteiger partial charge in [-0.15, -0.1) is 0 Å². The number of carboxylic acid groups (broad SMARTS) is 1. The fourth-order valence-corrected chi connectivity index (χ4v) is 12.9. The van der Waals surface area contributed by atoms with Crippen LogP contribution in [0, 0.1) is 0 Å². The third kappa shape index (κ3) is 30.0. The SMILES string of the molecule is CCOCNCC(=O)N(CCc1ccc(S(N)(=O)=O)cc1)CC(=O)N(CCc1ccccc1)CC(=O)N(CC(=O)N(CCc1ccccc1)CC(=O)N(CC(=O)N(CCCCN)CC(=O)N(CCCCN)CC(=O)N(CCCCN)CC(=O)NC(CCS)C(=O)O)Cc1ccc2c(c1)OCO2)Cc1ccc2c(c1)OCO2. The van der Waals surface area contributed by atoms with Gasteiger partial charge in [0.05, 0.1) is 57.4 Å². The molecule has 0 fully saturated rings. The smallest absolute Gasteiger partial charge is 0.326 e. The number of carbonyl (C=O) groups excluding carboxylic acids is 9. The molecule has 1 atom stereocenters. The van der Waals surface area contributed by atoms with Gasteiger partial charge in [0.15, 0.2) is 23.0 Å². The van der Waals surface area contributed by atoms with Crippen LogP contribution < -0.4 is 51.9 Å². The van der Waals surface area contributed by atoms with Gasteiger partial charge in [0.25, 0.3) is 0 Å². The Morgan fingerprint density at radius 2 is 0.811 bits per heavy atom. The standard InChI is InChI=1S/C77H106N14O18S2/c1-2-105-54-82-43-69(93)87(37-29-59-19-23-62(24-20-59)111(81,103)104)49-72(96)88(38-27-57-15-5-3-6-16-57)50-75(99)91(45-61-22-26-65-67(42-61)109-56-107-65)53-74(98)89(39-28-58-17-7-4-8-18-58)51-76(100)90(44-60-21-25-64-66(41-60)108-55-106-64)52-73(97)86(36-14-11-33-80)48-71(95)85(35-13-10-32-79)47-70(94)84(34-12-9-31-78)46-68(92)83-63(30-40-110)77(101)102/h3-8,15-26,41-42,63,82,110H,2,9-14,27-40,43-56,78-80H2,1H3,(H,83,92)(H,101,102)(H2,81,103,104). The number of nitrogens with two attached hydrogens (primary N) is 4. The maximum absolute atomic E-state index is 15.6. The summed E-state index contributed by atoms with van der Waals surface area (Å²) in [7, 11) is -4.01. The van der Waals surface area contributed by atoms with E-state index in [2.05, 4.69) is 23.3 Å². The number of thiol groups is 1. The minimum Gasteiger partial charge on any atom is -0.480 e. The normalized spacial score (nSPS) is 12.2. The molecule has 0 aliphatic carbocycles. The molecule has 0 saturated heterocycles. The summed E-state index contributed by atoms with van der Waals surface area (Å²) in [5.41, 5.74) is 20.9. The maximum atomic E-state index is 15.6. The van der Waals surface area contributed by atoms with Crippen LogP contribution in [-0.2, 0) is 95.1 Å². The number of benzene rings is 5. The first-order chi connectivity index (χ1) is 53.5. The van der Waals surface area contributed by atoms with Gasteiger partial charge in [0.1, 0.15) is 19.1 Å². The fraction of sp³-hybridized carbons (Fsp3) is 0.481. The Bertz CT molecular complexity index is 3980. The number of nitrogens with one attached hydrogen (secondary N) is 2. The molecule has 1 unspecified atom stereocenters. The first-order valence-electron chi connectivity index (χ1n) is 37.2. The molecule has 2 aliphatic rings. The Morgan fingerprint density at radius 3 is 1.19 bits per heavy atom. The molecule has 7 rings (SSSR count). The van der Waals surface area contributed by atoms with Crippen molar-refractivity contribution in [3.63, 3.8) is 0 Å². The molecule has 32 nitrogen and oxygen atoms in total. The lowest BCUT2D eigenvalue weighted by Crippen LogP contribution is -2.53. The molecule has 34 heteroatoms. The summed E-state index contributed by atoms with van der Waals surface area (Å²) in [6.45, 7) is -2.56. The number of hydrogen-bond donors (Lipinski definition) is 8. The second-order valence-corrected chi connectivity index (χ2v) is 28.7. The van der Waals surface area contributed by atoms with Crippen LogP contribution in [-0.4, -0.2) is 268 Å². The highest BCUT2D eigenvalue weighted by Gasteiger charge is 2.33. The van der Waals surface area contributed by atoms with Crippen molar-refractivity contribution in [2.75, 3.05) is 150 Å². The Kier molecular flexibility index (Phi) is 37.1. The monoisotopic (exact) mass is 1580 g/mol. The lowest BCUT2D eigenvalue weighted by Gasteiger charge is -2.33. The van der Waals surface area contributed by atoms with Crippen LogP contribution in [0.2, 0.25) is 0 Å². The zero-order valence-corrected chi connectivity index (χ0v) is 64.7. The highest BCUT2D eigenvalue weighted by atomic mass is 32.2. The summed E-state index contributed by atoms with van der Waals surface area (Å²) in [4.78, 5) is 156. The highest BCUT2D eigenvalue weighted by Crippen LogP contribution is 2.34. The summed E-state index contributed by atoms with van der Waals surface area (Å²) >= 11 is 4.12. The summed E-state index contributed by atoms with van der Waals surface area (Å²) in [6, 6.07) is 33.0. The minimum atomic E-state index is -4.01. The van der Waals surface area contributed by atoms with E-state index in [0.717, 1.165) is 11.1 Å². The van der Waals surface area contributed by atoms with E-state index in [1.54, 1.807) is 55.5 Å². The van der Waals surface area contributed by atoms with Crippen molar-refractivity contribution in [1.82, 2.24) is 49.8 Å². The van der Waals surface area contributed by atoms with Gasteiger partial charge in [-0.1, -0.05) is 84.9 Å². The molecular formula is C77H106N14O18S2. The molecule has 0 saturated carbocycles. The molecule has 0 aromatic heterocycles. The van der Waals surface area contributed by atoms with Crippen LogP contribution in [0.4, 0.5) is 0 Å². The fourth-order valence-electron chi connectivity index (χ4n) is 12.1. The van der Waals surface area contributed by atoms with E-state index >= 15 is 24.0 Å². The number of fused-ring (bicyclic) bond motifs is 2. The maximum Gasteiger partial charge on any atom is 0.326 e. The van der Waals surface area contributed by atoms with Crippen LogP contribution in [0.3, 0.4) is 0 Å². The largest absolute Gasteiger partial charge is 0.480 e. The van der Waals surface area contributed by atoms with Crippen molar-refractivity contribution < 1.29 is 85.2 Å². The molecule has 2 aliphatic heterocycles. The molecule has 0 bridgehead atoms. The van der Waals surface area contributed by atoms with E-state index in [9.17, 15) is 37.5 Å². The van der Waals surface area contributed by atoms with Crippen molar-refractivity contribution in [3.8, 4) is 23.0 Å². The van der Waals surface area contributed by atoms with Gasteiger partial charge in [-0.25, -0.2) is 18.4 Å². The number of nitrogens with zero attached hydrogens (tertiary/aromatic N) is 8. The number of carboxylic acids is 1. The number of rotatable bonds is 51. The summed E-state index contributed by atoms with van der Waals surface area (Å²) < 4.78 is 52.3. The third-order valence-electron chi connectivity index (χ3n) is 18.4.